The topological polar surface area (TPSA) is 29.1 Å². The smallest absolute Gasteiger partial charge is 0.251 e. The van der Waals surface area contributed by atoms with E-state index in [0.29, 0.717) is 5.56 Å². The van der Waals surface area contributed by atoms with E-state index in [4.69, 9.17) is 0 Å². The highest BCUT2D eigenvalue weighted by atomic mass is 127. The van der Waals surface area contributed by atoms with Gasteiger partial charge in [-0.15, -0.1) is 0 Å². The summed E-state index contributed by atoms with van der Waals surface area (Å²) < 4.78 is 13.9. The number of nitrogens with one attached hydrogen (secondary N) is 1. The van der Waals surface area contributed by atoms with Crippen LogP contribution in [0.15, 0.2) is 18.2 Å². The Balaban J connectivity index is 2.07. The molecule has 0 aliphatic heterocycles. The Labute approximate surface area is 108 Å². The summed E-state index contributed by atoms with van der Waals surface area (Å²) in [5.41, 5.74) is 0.413. The highest BCUT2D eigenvalue weighted by molar-refractivity contribution is 14.1. The highest BCUT2D eigenvalue weighted by Gasteiger charge is 2.18. The molecule has 1 aliphatic rings. The molecule has 1 N–H and O–H groups in total. The molecule has 0 unspecified atom stereocenters. The first-order valence-corrected chi connectivity index (χ1v) is 6.50. The summed E-state index contributed by atoms with van der Waals surface area (Å²) in [6, 6.07) is 4.67. The lowest BCUT2D eigenvalue weighted by Gasteiger charge is -2.11. The Morgan fingerprint density at radius 1 is 1.31 bits per heavy atom. The van der Waals surface area contributed by atoms with Crippen molar-refractivity contribution in [3.8, 4) is 0 Å². The summed E-state index contributed by atoms with van der Waals surface area (Å²) in [5, 5.41) is 2.94. The SMILES string of the molecule is O=C(NC1CCCC1)c1cc(F)cc(I)c1. The third kappa shape index (κ3) is 2.93. The fourth-order valence-electron chi connectivity index (χ4n) is 2.02. The van der Waals surface area contributed by atoms with Crippen LogP contribution in [0, 0.1) is 9.39 Å². The highest BCUT2D eigenvalue weighted by Crippen LogP contribution is 2.18. The van der Waals surface area contributed by atoms with Crippen LogP contribution in [-0.4, -0.2) is 11.9 Å². The first-order valence-electron chi connectivity index (χ1n) is 5.42. The molecule has 1 aromatic rings. The number of halogens is 2. The Hall–Kier alpha value is -0.650. The van der Waals surface area contributed by atoms with Gasteiger partial charge >= 0.3 is 0 Å². The van der Waals surface area contributed by atoms with E-state index >= 15 is 0 Å². The van der Waals surface area contributed by atoms with Crippen molar-refractivity contribution < 1.29 is 9.18 Å². The molecule has 0 bridgehead atoms. The van der Waals surface area contributed by atoms with E-state index in [9.17, 15) is 9.18 Å². The Bertz CT molecular complexity index is 382. The second kappa shape index (κ2) is 5.12. The summed E-state index contributed by atoms with van der Waals surface area (Å²) in [7, 11) is 0. The number of hydrogen-bond donors (Lipinski definition) is 1. The molecule has 1 amide bonds. The standard InChI is InChI=1S/C12H13FINO/c13-9-5-8(6-10(14)7-9)12(16)15-11-3-1-2-4-11/h5-7,11H,1-4H2,(H,15,16). The minimum absolute atomic E-state index is 0.163. The molecule has 2 nitrogen and oxygen atoms in total. The third-order valence-electron chi connectivity index (χ3n) is 2.82. The predicted octanol–water partition coefficient (Wildman–Crippen LogP) is 3.10. The maximum Gasteiger partial charge on any atom is 0.251 e. The second-order valence-electron chi connectivity index (χ2n) is 4.11. The average Bonchev–Trinajstić information content (AvgIpc) is 2.68. The lowest BCUT2D eigenvalue weighted by Crippen LogP contribution is -2.32. The van der Waals surface area contributed by atoms with Crippen LogP contribution in [0.4, 0.5) is 4.39 Å². The third-order valence-corrected chi connectivity index (χ3v) is 3.44. The first kappa shape index (κ1) is 11.8. The van der Waals surface area contributed by atoms with Gasteiger partial charge in [-0.1, -0.05) is 12.8 Å². The van der Waals surface area contributed by atoms with E-state index in [2.05, 4.69) is 5.32 Å². The van der Waals surface area contributed by atoms with Gasteiger partial charge in [0.2, 0.25) is 0 Å². The van der Waals surface area contributed by atoms with Gasteiger partial charge < -0.3 is 5.32 Å². The number of hydrogen-bond acceptors (Lipinski definition) is 1. The van der Waals surface area contributed by atoms with Crippen molar-refractivity contribution in [2.75, 3.05) is 0 Å². The minimum Gasteiger partial charge on any atom is -0.349 e. The average molecular weight is 333 g/mol. The Kier molecular flexibility index (Phi) is 3.78. The lowest BCUT2D eigenvalue weighted by molar-refractivity contribution is 0.0937. The molecule has 0 radical (unpaired) electrons. The number of amides is 1. The van der Waals surface area contributed by atoms with Crippen LogP contribution >= 0.6 is 22.6 Å². The summed E-state index contributed by atoms with van der Waals surface area (Å²) in [6.07, 6.45) is 4.42. The molecule has 1 fully saturated rings. The molecule has 2 rings (SSSR count). The molecular weight excluding hydrogens is 320 g/mol. The molecule has 0 spiro atoms. The van der Waals surface area contributed by atoms with E-state index in [1.165, 1.54) is 25.0 Å². The molecule has 86 valence electrons. The van der Waals surface area contributed by atoms with Gasteiger partial charge in [-0.2, -0.15) is 0 Å². The van der Waals surface area contributed by atoms with Crippen LogP contribution in [0.2, 0.25) is 0 Å². The maximum absolute atomic E-state index is 13.1. The van der Waals surface area contributed by atoms with Crippen molar-refractivity contribution in [3.63, 3.8) is 0 Å². The Morgan fingerprint density at radius 2 is 2.00 bits per heavy atom. The van der Waals surface area contributed by atoms with Crippen molar-refractivity contribution in [1.29, 1.82) is 0 Å². The van der Waals surface area contributed by atoms with Crippen molar-refractivity contribution >= 4 is 28.5 Å². The molecule has 0 heterocycles. The molecule has 4 heteroatoms. The van der Waals surface area contributed by atoms with Gasteiger partial charge in [0, 0.05) is 15.2 Å². The van der Waals surface area contributed by atoms with E-state index in [-0.39, 0.29) is 17.8 Å². The number of benzene rings is 1. The molecule has 16 heavy (non-hydrogen) atoms. The van der Waals surface area contributed by atoms with E-state index in [1.807, 2.05) is 22.6 Å². The number of rotatable bonds is 2. The molecule has 1 saturated carbocycles. The predicted molar refractivity (Wildman–Crippen MR) is 68.8 cm³/mol. The van der Waals surface area contributed by atoms with Crippen molar-refractivity contribution in [2.45, 2.75) is 31.7 Å². The zero-order valence-corrected chi connectivity index (χ0v) is 11.0. The monoisotopic (exact) mass is 333 g/mol. The van der Waals surface area contributed by atoms with Crippen LogP contribution in [-0.2, 0) is 0 Å². The van der Waals surface area contributed by atoms with Crippen LogP contribution in [0.25, 0.3) is 0 Å². The van der Waals surface area contributed by atoms with Gasteiger partial charge in [-0.3, -0.25) is 4.79 Å². The van der Waals surface area contributed by atoms with Crippen LogP contribution in [0.1, 0.15) is 36.0 Å². The summed E-state index contributed by atoms with van der Waals surface area (Å²) in [5.74, 6) is -0.521. The van der Waals surface area contributed by atoms with Gasteiger partial charge in [0.25, 0.3) is 5.91 Å². The summed E-state index contributed by atoms with van der Waals surface area (Å²) >= 11 is 2.01. The zero-order valence-electron chi connectivity index (χ0n) is 8.80. The minimum atomic E-state index is -0.358. The van der Waals surface area contributed by atoms with Gasteiger partial charge in [-0.25, -0.2) is 4.39 Å². The number of carbonyl (C=O) groups is 1. The van der Waals surface area contributed by atoms with Crippen molar-refractivity contribution in [1.82, 2.24) is 5.32 Å². The van der Waals surface area contributed by atoms with Crippen LogP contribution < -0.4 is 5.32 Å². The van der Waals surface area contributed by atoms with Gasteiger partial charge in [0.05, 0.1) is 0 Å². The van der Waals surface area contributed by atoms with Gasteiger partial charge in [0.15, 0.2) is 0 Å². The van der Waals surface area contributed by atoms with E-state index in [0.717, 1.165) is 16.4 Å². The summed E-state index contributed by atoms with van der Waals surface area (Å²) in [4.78, 5) is 11.8. The van der Waals surface area contributed by atoms with Crippen molar-refractivity contribution in [2.24, 2.45) is 0 Å². The normalized spacial score (nSPS) is 16.4. The van der Waals surface area contributed by atoms with Crippen LogP contribution in [0.5, 0.6) is 0 Å². The molecule has 0 aromatic heterocycles. The summed E-state index contributed by atoms with van der Waals surface area (Å²) in [6.45, 7) is 0. The fraction of sp³-hybridized carbons (Fsp3) is 0.417. The maximum atomic E-state index is 13.1. The second-order valence-corrected chi connectivity index (χ2v) is 5.36. The molecular formula is C12H13FINO. The van der Waals surface area contributed by atoms with Crippen molar-refractivity contribution in [3.05, 3.63) is 33.1 Å². The largest absolute Gasteiger partial charge is 0.349 e. The Morgan fingerprint density at radius 3 is 2.62 bits per heavy atom. The fourth-order valence-corrected chi connectivity index (χ4v) is 2.66. The van der Waals surface area contributed by atoms with Crippen LogP contribution in [0.3, 0.4) is 0 Å². The quantitative estimate of drug-likeness (QED) is 0.828. The molecule has 0 saturated heterocycles. The molecule has 0 atom stereocenters. The van der Waals surface area contributed by atoms with E-state index in [1.54, 1.807) is 6.07 Å². The first-order chi connectivity index (χ1) is 7.65. The van der Waals surface area contributed by atoms with Gasteiger partial charge in [0.1, 0.15) is 5.82 Å². The lowest BCUT2D eigenvalue weighted by atomic mass is 10.2. The van der Waals surface area contributed by atoms with E-state index < -0.39 is 0 Å². The molecule has 1 aliphatic carbocycles. The zero-order chi connectivity index (χ0) is 11.5. The number of carbonyl (C=O) groups excluding carboxylic acids is 1. The van der Waals surface area contributed by atoms with Gasteiger partial charge in [-0.05, 0) is 53.6 Å². The molecule has 1 aromatic carbocycles.